The Labute approximate surface area is 122 Å². The number of fused-ring (bicyclic) bond motifs is 1. The maximum atomic E-state index is 12.2. The lowest BCUT2D eigenvalue weighted by atomic mass is 9.67. The monoisotopic (exact) mass is 289 g/mol. The van der Waals surface area contributed by atoms with Crippen LogP contribution in [0.5, 0.6) is 0 Å². The van der Waals surface area contributed by atoms with Gasteiger partial charge in [0.15, 0.2) is 5.13 Å². The first-order chi connectivity index (χ1) is 9.62. The third-order valence-electron chi connectivity index (χ3n) is 4.46. The summed E-state index contributed by atoms with van der Waals surface area (Å²) in [5.41, 5.74) is 7.57. The Kier molecular flexibility index (Phi) is 3.38. The molecule has 1 fully saturated rings. The number of nitrogens with zero attached hydrogens (tertiary/aromatic N) is 1. The van der Waals surface area contributed by atoms with Crippen LogP contribution in [0.15, 0.2) is 18.2 Å². The summed E-state index contributed by atoms with van der Waals surface area (Å²) < 4.78 is 0.962. The van der Waals surface area contributed by atoms with Crippen molar-refractivity contribution >= 4 is 32.6 Å². The second kappa shape index (κ2) is 5.05. The van der Waals surface area contributed by atoms with E-state index in [0.29, 0.717) is 16.1 Å². The van der Waals surface area contributed by atoms with Crippen LogP contribution in [0.4, 0.5) is 5.13 Å². The number of rotatable bonds is 4. The van der Waals surface area contributed by atoms with E-state index in [0.717, 1.165) is 23.2 Å². The Morgan fingerprint density at radius 3 is 2.95 bits per heavy atom. The molecule has 0 radical (unpaired) electrons. The number of carbonyl (C=O) groups excluding carboxylic acids is 1. The van der Waals surface area contributed by atoms with E-state index in [-0.39, 0.29) is 5.91 Å². The number of amides is 1. The van der Waals surface area contributed by atoms with Crippen molar-refractivity contribution in [2.45, 2.75) is 32.6 Å². The zero-order chi connectivity index (χ0) is 14.2. The molecule has 3 N–H and O–H groups in total. The summed E-state index contributed by atoms with van der Waals surface area (Å²) in [6.45, 7) is 2.99. The van der Waals surface area contributed by atoms with Gasteiger partial charge in [-0.2, -0.15) is 0 Å². The Hall–Kier alpha value is -1.62. The summed E-state index contributed by atoms with van der Waals surface area (Å²) in [6.07, 6.45) is 4.88. The molecule has 1 aromatic carbocycles. The number of anilines is 1. The van der Waals surface area contributed by atoms with E-state index in [9.17, 15) is 4.79 Å². The van der Waals surface area contributed by atoms with E-state index < -0.39 is 0 Å². The maximum Gasteiger partial charge on any atom is 0.251 e. The average Bonchev–Trinajstić information content (AvgIpc) is 2.76. The first kappa shape index (κ1) is 13.4. The second-order valence-electron chi connectivity index (χ2n) is 5.62. The summed E-state index contributed by atoms with van der Waals surface area (Å²) in [5.74, 6) is -0.00130. The van der Waals surface area contributed by atoms with Crippen LogP contribution in [0.1, 0.15) is 43.0 Å². The fraction of sp³-hybridized carbons (Fsp3) is 0.467. The number of nitrogens with two attached hydrogens (primary N) is 1. The normalized spacial score (nSPS) is 16.9. The molecule has 2 aromatic rings. The molecule has 20 heavy (non-hydrogen) atoms. The molecule has 0 saturated heterocycles. The van der Waals surface area contributed by atoms with Gasteiger partial charge in [-0.25, -0.2) is 4.98 Å². The highest BCUT2D eigenvalue weighted by molar-refractivity contribution is 7.22. The fourth-order valence-corrected chi connectivity index (χ4v) is 3.56. The molecule has 1 aromatic heterocycles. The van der Waals surface area contributed by atoms with Crippen molar-refractivity contribution in [2.24, 2.45) is 5.41 Å². The molecule has 3 rings (SSSR count). The van der Waals surface area contributed by atoms with Gasteiger partial charge in [-0.15, -0.1) is 0 Å². The molecule has 0 spiro atoms. The zero-order valence-corrected chi connectivity index (χ0v) is 12.4. The molecule has 0 unspecified atom stereocenters. The number of nitrogen functional groups attached to an aromatic ring is 1. The molecule has 0 atom stereocenters. The Bertz CT molecular complexity index is 640. The molecule has 4 nitrogen and oxygen atoms in total. The van der Waals surface area contributed by atoms with Gasteiger partial charge in [0.2, 0.25) is 0 Å². The molecule has 1 heterocycles. The summed E-state index contributed by atoms with van der Waals surface area (Å²) in [7, 11) is 0. The van der Waals surface area contributed by atoms with Crippen molar-refractivity contribution < 1.29 is 4.79 Å². The third kappa shape index (κ3) is 2.38. The Morgan fingerprint density at radius 2 is 2.30 bits per heavy atom. The molecule has 5 heteroatoms. The largest absolute Gasteiger partial charge is 0.375 e. The number of carbonyl (C=O) groups is 1. The van der Waals surface area contributed by atoms with E-state index in [1.165, 1.54) is 30.6 Å². The predicted molar refractivity (Wildman–Crippen MR) is 82.9 cm³/mol. The van der Waals surface area contributed by atoms with Gasteiger partial charge in [0.25, 0.3) is 5.91 Å². The third-order valence-corrected chi connectivity index (χ3v) is 5.30. The van der Waals surface area contributed by atoms with Gasteiger partial charge in [0.05, 0.1) is 10.2 Å². The average molecular weight is 289 g/mol. The van der Waals surface area contributed by atoms with Crippen molar-refractivity contribution in [3.8, 4) is 0 Å². The van der Waals surface area contributed by atoms with Crippen LogP contribution in [0, 0.1) is 5.41 Å². The molecule has 106 valence electrons. The standard InChI is InChI=1S/C15H19N3OS/c1-2-15(6-3-7-15)9-17-13(19)10-4-5-11-12(8-10)20-14(16)18-11/h4-5,8H,2-3,6-7,9H2,1H3,(H2,16,18)(H,17,19). The van der Waals surface area contributed by atoms with E-state index >= 15 is 0 Å². The van der Waals surface area contributed by atoms with E-state index in [2.05, 4.69) is 17.2 Å². The first-order valence-corrected chi connectivity index (χ1v) is 7.88. The molecular formula is C15H19N3OS. The van der Waals surface area contributed by atoms with Crippen LogP contribution in [0.3, 0.4) is 0 Å². The fourth-order valence-electron chi connectivity index (χ4n) is 2.79. The molecule has 0 aliphatic heterocycles. The van der Waals surface area contributed by atoms with Crippen LogP contribution in [-0.4, -0.2) is 17.4 Å². The topological polar surface area (TPSA) is 68.0 Å². The van der Waals surface area contributed by atoms with Crippen LogP contribution in [0.2, 0.25) is 0 Å². The number of hydrogen-bond acceptors (Lipinski definition) is 4. The highest BCUT2D eigenvalue weighted by atomic mass is 32.1. The first-order valence-electron chi connectivity index (χ1n) is 7.06. The van der Waals surface area contributed by atoms with Crippen LogP contribution in [0.25, 0.3) is 10.2 Å². The molecule has 0 bridgehead atoms. The van der Waals surface area contributed by atoms with Gasteiger partial charge < -0.3 is 11.1 Å². The van der Waals surface area contributed by atoms with Gasteiger partial charge in [-0.05, 0) is 42.9 Å². The van der Waals surface area contributed by atoms with Crippen molar-refractivity contribution in [3.05, 3.63) is 23.8 Å². The van der Waals surface area contributed by atoms with E-state index in [4.69, 9.17) is 5.73 Å². The van der Waals surface area contributed by atoms with Crippen molar-refractivity contribution in [3.63, 3.8) is 0 Å². The molecular weight excluding hydrogens is 270 g/mol. The summed E-state index contributed by atoms with van der Waals surface area (Å²) in [4.78, 5) is 16.4. The highest BCUT2D eigenvalue weighted by Crippen LogP contribution is 2.43. The number of nitrogens with one attached hydrogen (secondary N) is 1. The van der Waals surface area contributed by atoms with Crippen molar-refractivity contribution in [1.29, 1.82) is 0 Å². The number of thiazole rings is 1. The van der Waals surface area contributed by atoms with Gasteiger partial charge in [0.1, 0.15) is 0 Å². The van der Waals surface area contributed by atoms with E-state index in [1.807, 2.05) is 18.2 Å². The maximum absolute atomic E-state index is 12.2. The number of aromatic nitrogens is 1. The van der Waals surface area contributed by atoms with E-state index in [1.54, 1.807) is 0 Å². The Morgan fingerprint density at radius 1 is 1.50 bits per heavy atom. The van der Waals surface area contributed by atoms with Crippen LogP contribution < -0.4 is 11.1 Å². The highest BCUT2D eigenvalue weighted by Gasteiger charge is 2.35. The summed E-state index contributed by atoms with van der Waals surface area (Å²) in [6, 6.07) is 5.55. The number of benzene rings is 1. The van der Waals surface area contributed by atoms with Crippen LogP contribution in [-0.2, 0) is 0 Å². The SMILES string of the molecule is CCC1(CNC(=O)c2ccc3nc(N)sc3c2)CCC1. The Balaban J connectivity index is 1.71. The minimum atomic E-state index is -0.00130. The summed E-state index contributed by atoms with van der Waals surface area (Å²) in [5, 5.41) is 3.62. The van der Waals surface area contributed by atoms with Gasteiger partial charge in [0, 0.05) is 12.1 Å². The van der Waals surface area contributed by atoms with Gasteiger partial charge in [-0.3, -0.25) is 4.79 Å². The van der Waals surface area contributed by atoms with Crippen LogP contribution >= 0.6 is 11.3 Å². The molecule has 1 aliphatic carbocycles. The van der Waals surface area contributed by atoms with Crippen molar-refractivity contribution in [1.82, 2.24) is 10.3 Å². The lowest BCUT2D eigenvalue weighted by Crippen LogP contribution is -2.41. The van der Waals surface area contributed by atoms with Gasteiger partial charge >= 0.3 is 0 Å². The predicted octanol–water partition coefficient (Wildman–Crippen LogP) is 3.19. The second-order valence-corrected chi connectivity index (χ2v) is 6.69. The zero-order valence-electron chi connectivity index (χ0n) is 11.6. The molecule has 1 amide bonds. The minimum Gasteiger partial charge on any atom is -0.375 e. The quantitative estimate of drug-likeness (QED) is 0.908. The lowest BCUT2D eigenvalue weighted by molar-refractivity contribution is 0.0850. The number of hydrogen-bond donors (Lipinski definition) is 2. The molecule has 1 saturated carbocycles. The van der Waals surface area contributed by atoms with Gasteiger partial charge in [-0.1, -0.05) is 24.7 Å². The molecule has 1 aliphatic rings. The summed E-state index contributed by atoms with van der Waals surface area (Å²) >= 11 is 1.41. The van der Waals surface area contributed by atoms with Crippen molar-refractivity contribution in [2.75, 3.05) is 12.3 Å². The minimum absolute atomic E-state index is 0.00130. The lowest BCUT2D eigenvalue weighted by Gasteiger charge is -2.41. The smallest absolute Gasteiger partial charge is 0.251 e.